The lowest BCUT2D eigenvalue weighted by atomic mass is 10.2. The Morgan fingerprint density at radius 3 is 2.64 bits per heavy atom. The van der Waals surface area contributed by atoms with Gasteiger partial charge in [-0.15, -0.1) is 23.1 Å². The monoisotopic (exact) mass is 454 g/mol. The van der Waals surface area contributed by atoms with Crippen LogP contribution in [0.25, 0.3) is 10.2 Å². The molecule has 0 unspecified atom stereocenters. The topological polar surface area (TPSA) is 70.5 Å². The van der Waals surface area contributed by atoms with Crippen LogP contribution in [0.1, 0.15) is 17.8 Å². The van der Waals surface area contributed by atoms with Crippen molar-refractivity contribution in [2.75, 3.05) is 11.2 Å². The number of nitrogens with zero attached hydrogens (tertiary/aromatic N) is 2. The van der Waals surface area contributed by atoms with Crippen molar-refractivity contribution >= 4 is 74.1 Å². The molecule has 3 aromatic rings. The lowest BCUT2D eigenvalue weighted by Gasteiger charge is -2.23. The third-order valence-electron chi connectivity index (χ3n) is 4.02. The number of halogens is 2. The van der Waals surface area contributed by atoms with Crippen LogP contribution in [0.4, 0.5) is 5.69 Å². The summed E-state index contributed by atoms with van der Waals surface area (Å²) in [4.78, 5) is 30.8. The maximum atomic E-state index is 12.8. The number of aliphatic carboxylic acids is 1. The number of carbonyl (C=O) groups excluding carboxylic acids is 1. The third-order valence-corrected chi connectivity index (χ3v) is 6.60. The molecule has 0 aliphatic heterocycles. The molecule has 2 aromatic carbocycles. The highest BCUT2D eigenvalue weighted by Gasteiger charge is 2.22. The van der Waals surface area contributed by atoms with Gasteiger partial charge in [0, 0.05) is 11.3 Å². The summed E-state index contributed by atoms with van der Waals surface area (Å²) in [6.45, 7) is 0.226. The standard InChI is InChI=1S/C19H16Cl2N2O3S2/c1-27-13-5-3-2-4-12(13)23(16(24)8-9-17(25)26)10-15-22-19-14(28-15)7-6-11(20)18(19)21/h2-7H,8-10H2,1H3,(H,25,26). The van der Waals surface area contributed by atoms with E-state index in [9.17, 15) is 9.59 Å². The van der Waals surface area contributed by atoms with Gasteiger partial charge in [0.2, 0.25) is 5.91 Å². The van der Waals surface area contributed by atoms with Gasteiger partial charge in [-0.1, -0.05) is 35.3 Å². The van der Waals surface area contributed by atoms with Crippen LogP contribution in [0.2, 0.25) is 10.0 Å². The number of aromatic nitrogens is 1. The van der Waals surface area contributed by atoms with Crippen LogP contribution >= 0.6 is 46.3 Å². The van der Waals surface area contributed by atoms with Gasteiger partial charge < -0.3 is 10.0 Å². The average Bonchev–Trinajstić information content (AvgIpc) is 3.10. The highest BCUT2D eigenvalue weighted by Crippen LogP contribution is 2.35. The molecule has 0 aliphatic carbocycles. The quantitative estimate of drug-likeness (QED) is 0.461. The first kappa shape index (κ1) is 20.9. The summed E-state index contributed by atoms with van der Waals surface area (Å²) >= 11 is 15.3. The van der Waals surface area contributed by atoms with E-state index in [0.29, 0.717) is 20.6 Å². The molecule has 5 nitrogen and oxygen atoms in total. The van der Waals surface area contributed by atoms with Crippen molar-refractivity contribution < 1.29 is 14.7 Å². The zero-order valence-corrected chi connectivity index (χ0v) is 18.0. The highest BCUT2D eigenvalue weighted by molar-refractivity contribution is 7.98. The molecule has 0 saturated carbocycles. The van der Waals surface area contributed by atoms with Gasteiger partial charge in [-0.2, -0.15) is 0 Å². The van der Waals surface area contributed by atoms with Crippen LogP contribution < -0.4 is 4.90 Å². The molecule has 0 aliphatic rings. The Morgan fingerprint density at radius 2 is 1.93 bits per heavy atom. The Bertz CT molecular complexity index is 1040. The van der Waals surface area contributed by atoms with Crippen LogP contribution in [0.15, 0.2) is 41.3 Å². The number of thioether (sulfide) groups is 1. The summed E-state index contributed by atoms with van der Waals surface area (Å²) in [6, 6.07) is 11.1. The summed E-state index contributed by atoms with van der Waals surface area (Å²) in [6.07, 6.45) is 1.62. The van der Waals surface area contributed by atoms with Gasteiger partial charge in [-0.3, -0.25) is 9.59 Å². The minimum absolute atomic E-state index is 0.0878. The number of benzene rings is 2. The predicted octanol–water partition coefficient (Wildman–Crippen LogP) is 5.72. The molecule has 9 heteroatoms. The van der Waals surface area contributed by atoms with E-state index < -0.39 is 5.97 Å². The SMILES string of the molecule is CSc1ccccc1N(Cc1nc2c(Cl)c(Cl)ccc2s1)C(=O)CCC(=O)O. The zero-order chi connectivity index (χ0) is 20.3. The first-order valence-electron chi connectivity index (χ1n) is 8.29. The number of rotatable bonds is 7. The molecule has 0 atom stereocenters. The van der Waals surface area contributed by atoms with Crippen molar-refractivity contribution in [3.05, 3.63) is 51.5 Å². The van der Waals surface area contributed by atoms with E-state index in [2.05, 4.69) is 4.98 Å². The molecule has 1 N–H and O–H groups in total. The number of anilines is 1. The molecule has 28 heavy (non-hydrogen) atoms. The van der Waals surface area contributed by atoms with Crippen molar-refractivity contribution in [2.24, 2.45) is 0 Å². The van der Waals surface area contributed by atoms with Gasteiger partial charge in [0.25, 0.3) is 0 Å². The number of para-hydroxylation sites is 1. The largest absolute Gasteiger partial charge is 0.481 e. The summed E-state index contributed by atoms with van der Waals surface area (Å²) in [7, 11) is 0. The fraction of sp³-hybridized carbons (Fsp3) is 0.211. The van der Waals surface area contributed by atoms with E-state index in [0.717, 1.165) is 15.3 Å². The van der Waals surface area contributed by atoms with Crippen molar-refractivity contribution in [2.45, 2.75) is 24.3 Å². The molecule has 146 valence electrons. The van der Waals surface area contributed by atoms with Crippen LogP contribution in [0, 0.1) is 0 Å². The predicted molar refractivity (Wildman–Crippen MR) is 116 cm³/mol. The van der Waals surface area contributed by atoms with E-state index >= 15 is 0 Å². The Labute approximate surface area is 180 Å². The molecule has 0 saturated heterocycles. The van der Waals surface area contributed by atoms with Crippen molar-refractivity contribution in [1.29, 1.82) is 0 Å². The van der Waals surface area contributed by atoms with Crippen LogP contribution in [-0.2, 0) is 16.1 Å². The Morgan fingerprint density at radius 1 is 1.18 bits per heavy atom. The highest BCUT2D eigenvalue weighted by atomic mass is 35.5. The molecular formula is C19H16Cl2N2O3S2. The molecule has 3 rings (SSSR count). The molecule has 1 aromatic heterocycles. The van der Waals surface area contributed by atoms with Gasteiger partial charge >= 0.3 is 5.97 Å². The smallest absolute Gasteiger partial charge is 0.303 e. The van der Waals surface area contributed by atoms with E-state index in [1.807, 2.05) is 36.6 Å². The summed E-state index contributed by atoms with van der Waals surface area (Å²) in [5.74, 6) is -1.28. The lowest BCUT2D eigenvalue weighted by Crippen LogP contribution is -2.31. The van der Waals surface area contributed by atoms with Gasteiger partial charge in [0.05, 0.1) is 33.4 Å². The zero-order valence-electron chi connectivity index (χ0n) is 14.8. The van der Waals surface area contributed by atoms with E-state index in [4.69, 9.17) is 28.3 Å². The van der Waals surface area contributed by atoms with Crippen molar-refractivity contribution in [1.82, 2.24) is 4.98 Å². The molecular weight excluding hydrogens is 439 g/mol. The number of fused-ring (bicyclic) bond motifs is 1. The van der Waals surface area contributed by atoms with E-state index in [1.165, 1.54) is 23.1 Å². The minimum atomic E-state index is -1.01. The van der Waals surface area contributed by atoms with Crippen LogP contribution in [0.3, 0.4) is 0 Å². The van der Waals surface area contributed by atoms with Crippen LogP contribution in [-0.4, -0.2) is 28.2 Å². The fourth-order valence-corrected chi connectivity index (χ4v) is 4.68. The molecule has 0 bridgehead atoms. The molecule has 0 radical (unpaired) electrons. The third kappa shape index (κ3) is 4.60. The number of hydrogen-bond donors (Lipinski definition) is 1. The molecule has 0 fully saturated rings. The number of carboxylic acid groups (broad SMARTS) is 1. The van der Waals surface area contributed by atoms with Crippen molar-refractivity contribution in [3.63, 3.8) is 0 Å². The number of carbonyl (C=O) groups is 2. The van der Waals surface area contributed by atoms with Gasteiger partial charge in [-0.25, -0.2) is 4.98 Å². The maximum Gasteiger partial charge on any atom is 0.303 e. The summed E-state index contributed by atoms with van der Waals surface area (Å²) in [5.41, 5.74) is 1.33. The number of hydrogen-bond acceptors (Lipinski definition) is 5. The first-order valence-corrected chi connectivity index (χ1v) is 11.1. The minimum Gasteiger partial charge on any atom is -0.481 e. The average molecular weight is 455 g/mol. The second-order valence-corrected chi connectivity index (χ2v) is 8.61. The second-order valence-electron chi connectivity index (χ2n) is 5.86. The van der Waals surface area contributed by atoms with Gasteiger partial charge in [-0.05, 0) is 30.5 Å². The Hall–Kier alpha value is -1.80. The fourth-order valence-electron chi connectivity index (χ4n) is 2.70. The van der Waals surface area contributed by atoms with Gasteiger partial charge in [0.1, 0.15) is 10.5 Å². The van der Waals surface area contributed by atoms with E-state index in [1.54, 1.807) is 11.0 Å². The number of thiazole rings is 1. The van der Waals surface area contributed by atoms with Crippen LogP contribution in [0.5, 0.6) is 0 Å². The molecule has 0 spiro atoms. The molecule has 1 amide bonds. The molecule has 1 heterocycles. The summed E-state index contributed by atoms with van der Waals surface area (Å²) < 4.78 is 0.875. The lowest BCUT2D eigenvalue weighted by molar-refractivity contribution is -0.138. The van der Waals surface area contributed by atoms with E-state index in [-0.39, 0.29) is 25.3 Å². The first-order chi connectivity index (χ1) is 13.4. The normalized spacial score (nSPS) is 11.0. The van der Waals surface area contributed by atoms with Gasteiger partial charge in [0.15, 0.2) is 0 Å². The number of carboxylic acids is 1. The number of amides is 1. The Kier molecular flexibility index (Phi) is 6.82. The summed E-state index contributed by atoms with van der Waals surface area (Å²) in [5, 5.41) is 10.4. The maximum absolute atomic E-state index is 12.8. The van der Waals surface area contributed by atoms with Crippen molar-refractivity contribution in [3.8, 4) is 0 Å². The Balaban J connectivity index is 1.98. The second kappa shape index (κ2) is 9.13.